The van der Waals surface area contributed by atoms with Crippen molar-refractivity contribution in [1.82, 2.24) is 21.3 Å². The van der Waals surface area contributed by atoms with Gasteiger partial charge < -0.3 is 25.6 Å². The summed E-state index contributed by atoms with van der Waals surface area (Å²) in [6, 6.07) is -1.19. The molecular weight excluding hydrogens is 296 g/mol. The number of hydrogen-bond donors (Lipinski definition) is 6. The van der Waals surface area contributed by atoms with Gasteiger partial charge in [-0.25, -0.2) is 9.59 Å². The van der Waals surface area contributed by atoms with Crippen LogP contribution in [-0.2, 0) is 9.59 Å². The van der Waals surface area contributed by atoms with Crippen molar-refractivity contribution >= 4 is 24.4 Å². The molecule has 0 saturated heterocycles. The minimum absolute atomic E-state index is 0.292. The van der Waals surface area contributed by atoms with Gasteiger partial charge in [-0.15, -0.1) is 0 Å². The molecule has 0 spiro atoms. The molecule has 0 aliphatic rings. The molecule has 3 unspecified atom stereocenters. The predicted octanol–water partition coefficient (Wildman–Crippen LogP) is -0.690. The largest absolute Gasteiger partial charge is 0.465 e. The highest BCUT2D eigenvalue weighted by Gasteiger charge is 2.20. The van der Waals surface area contributed by atoms with Crippen molar-refractivity contribution in [3.05, 3.63) is 0 Å². The molecule has 0 saturated carbocycles. The number of rotatable bonds is 10. The fourth-order valence-corrected chi connectivity index (χ4v) is 1.62. The number of carboxylic acid groups (broad SMARTS) is 2. The summed E-state index contributed by atoms with van der Waals surface area (Å²) >= 11 is 0. The van der Waals surface area contributed by atoms with Crippen LogP contribution in [0, 0.1) is 0 Å². The zero-order chi connectivity index (χ0) is 17.1. The van der Waals surface area contributed by atoms with Crippen molar-refractivity contribution < 1.29 is 29.4 Å². The number of hydrogen-bond acceptors (Lipinski definition) is 6. The van der Waals surface area contributed by atoms with Gasteiger partial charge in [0.25, 0.3) is 0 Å². The molecule has 10 heteroatoms. The molecule has 22 heavy (non-hydrogen) atoms. The van der Waals surface area contributed by atoms with Gasteiger partial charge in [-0.05, 0) is 33.2 Å². The number of aldehydes is 1. The maximum atomic E-state index is 11.5. The quantitative estimate of drug-likeness (QED) is 0.175. The summed E-state index contributed by atoms with van der Waals surface area (Å²) in [5.74, 6) is -0.780. The fourth-order valence-electron chi connectivity index (χ4n) is 1.62. The lowest BCUT2D eigenvalue weighted by Crippen LogP contribution is -2.53. The Morgan fingerprint density at radius 2 is 1.77 bits per heavy atom. The van der Waals surface area contributed by atoms with Crippen molar-refractivity contribution in [2.24, 2.45) is 0 Å². The maximum Gasteiger partial charge on any atom is 0.411 e. The SMILES string of the molecule is CC(C=O)NCCCC(NC(=O)O)NC(C)C(=O)NC(=O)O. The summed E-state index contributed by atoms with van der Waals surface area (Å²) in [5, 5.41) is 26.7. The zero-order valence-corrected chi connectivity index (χ0v) is 12.5. The van der Waals surface area contributed by atoms with Gasteiger partial charge in [-0.3, -0.25) is 15.4 Å². The van der Waals surface area contributed by atoms with E-state index in [9.17, 15) is 19.2 Å². The van der Waals surface area contributed by atoms with Crippen molar-refractivity contribution in [3.63, 3.8) is 0 Å². The third kappa shape index (κ3) is 9.66. The second-order valence-electron chi connectivity index (χ2n) is 4.71. The van der Waals surface area contributed by atoms with Crippen LogP contribution in [0.3, 0.4) is 0 Å². The summed E-state index contributed by atoms with van der Waals surface area (Å²) in [6.07, 6.45) is -1.81. The third-order valence-electron chi connectivity index (χ3n) is 2.71. The average molecular weight is 318 g/mol. The molecule has 6 N–H and O–H groups in total. The van der Waals surface area contributed by atoms with Crippen LogP contribution in [-0.4, -0.2) is 59.4 Å². The normalized spacial score (nSPS) is 14.5. The minimum atomic E-state index is -1.48. The highest BCUT2D eigenvalue weighted by atomic mass is 16.4. The van der Waals surface area contributed by atoms with Gasteiger partial charge in [-0.2, -0.15) is 0 Å². The van der Waals surface area contributed by atoms with Gasteiger partial charge in [0.2, 0.25) is 5.91 Å². The van der Waals surface area contributed by atoms with Gasteiger partial charge >= 0.3 is 12.2 Å². The molecule has 3 amide bonds. The molecule has 0 aromatic carbocycles. The Morgan fingerprint density at radius 1 is 1.14 bits per heavy atom. The first-order chi connectivity index (χ1) is 10.3. The number of nitrogens with one attached hydrogen (secondary N) is 4. The smallest absolute Gasteiger partial charge is 0.411 e. The van der Waals surface area contributed by atoms with Crippen LogP contribution in [0.25, 0.3) is 0 Å². The lowest BCUT2D eigenvalue weighted by atomic mass is 10.2. The standard InChI is InChI=1S/C12H22N4O6/c1-7(6-17)13-5-3-4-9(15-11(19)20)14-8(2)10(18)16-12(21)22/h6-9,13-15H,3-5H2,1-2H3,(H,16,18)(H,19,20)(H,21,22). The predicted molar refractivity (Wildman–Crippen MR) is 76.5 cm³/mol. The van der Waals surface area contributed by atoms with Gasteiger partial charge in [0.05, 0.1) is 18.2 Å². The van der Waals surface area contributed by atoms with E-state index in [1.54, 1.807) is 12.2 Å². The molecule has 10 nitrogen and oxygen atoms in total. The minimum Gasteiger partial charge on any atom is -0.465 e. The van der Waals surface area contributed by atoms with Crippen molar-refractivity contribution in [2.45, 2.75) is 44.9 Å². The Bertz CT molecular complexity index is 403. The molecule has 0 aliphatic heterocycles. The summed E-state index contributed by atoms with van der Waals surface area (Å²) in [4.78, 5) is 43.0. The van der Waals surface area contributed by atoms with Crippen molar-refractivity contribution in [3.8, 4) is 0 Å². The van der Waals surface area contributed by atoms with Crippen molar-refractivity contribution in [2.75, 3.05) is 6.54 Å². The molecule has 0 heterocycles. The lowest BCUT2D eigenvalue weighted by Gasteiger charge is -2.22. The highest BCUT2D eigenvalue weighted by molar-refractivity contribution is 5.93. The maximum absolute atomic E-state index is 11.5. The molecule has 0 bridgehead atoms. The van der Waals surface area contributed by atoms with E-state index in [1.807, 2.05) is 0 Å². The number of imide groups is 1. The van der Waals surface area contributed by atoms with Crippen LogP contribution in [0.2, 0.25) is 0 Å². The second kappa shape index (κ2) is 10.5. The molecule has 0 fully saturated rings. The Labute approximate surface area is 127 Å². The van der Waals surface area contributed by atoms with E-state index in [0.717, 1.165) is 6.29 Å². The van der Waals surface area contributed by atoms with Crippen LogP contribution < -0.4 is 21.3 Å². The van der Waals surface area contributed by atoms with Crippen molar-refractivity contribution in [1.29, 1.82) is 0 Å². The molecule has 0 radical (unpaired) electrons. The van der Waals surface area contributed by atoms with Crippen LogP contribution in [0.4, 0.5) is 9.59 Å². The van der Waals surface area contributed by atoms with Crippen LogP contribution in [0.1, 0.15) is 26.7 Å². The first-order valence-corrected chi connectivity index (χ1v) is 6.74. The van der Waals surface area contributed by atoms with E-state index in [4.69, 9.17) is 10.2 Å². The van der Waals surface area contributed by atoms with E-state index >= 15 is 0 Å². The highest BCUT2D eigenvalue weighted by Crippen LogP contribution is 1.97. The van der Waals surface area contributed by atoms with E-state index in [-0.39, 0.29) is 6.04 Å². The van der Waals surface area contributed by atoms with E-state index in [2.05, 4.69) is 16.0 Å². The Morgan fingerprint density at radius 3 is 2.27 bits per heavy atom. The average Bonchev–Trinajstić information content (AvgIpc) is 2.41. The second-order valence-corrected chi connectivity index (χ2v) is 4.71. The summed E-state index contributed by atoms with van der Waals surface area (Å²) < 4.78 is 0. The van der Waals surface area contributed by atoms with E-state index in [0.29, 0.717) is 19.4 Å². The van der Waals surface area contributed by atoms with E-state index in [1.165, 1.54) is 6.92 Å². The van der Waals surface area contributed by atoms with Gasteiger partial charge in [-0.1, -0.05) is 0 Å². The first kappa shape index (κ1) is 19.8. The van der Waals surface area contributed by atoms with Crippen LogP contribution in [0.15, 0.2) is 0 Å². The fraction of sp³-hybridized carbons (Fsp3) is 0.667. The van der Waals surface area contributed by atoms with Gasteiger partial charge in [0, 0.05) is 0 Å². The zero-order valence-electron chi connectivity index (χ0n) is 12.5. The third-order valence-corrected chi connectivity index (χ3v) is 2.71. The van der Waals surface area contributed by atoms with Crippen LogP contribution in [0.5, 0.6) is 0 Å². The topological polar surface area (TPSA) is 157 Å². The lowest BCUT2D eigenvalue weighted by molar-refractivity contribution is -0.122. The van der Waals surface area contributed by atoms with Gasteiger partial charge in [0.1, 0.15) is 6.29 Å². The molecule has 0 aromatic rings. The summed E-state index contributed by atoms with van der Waals surface area (Å²) in [6.45, 7) is 3.60. The Kier molecular flexibility index (Phi) is 9.46. The summed E-state index contributed by atoms with van der Waals surface area (Å²) in [5.41, 5.74) is 0. The number of amides is 3. The molecule has 3 atom stereocenters. The summed E-state index contributed by atoms with van der Waals surface area (Å²) in [7, 11) is 0. The van der Waals surface area contributed by atoms with Gasteiger partial charge in [0.15, 0.2) is 0 Å². The Balaban J connectivity index is 4.32. The molecule has 0 aliphatic carbocycles. The first-order valence-electron chi connectivity index (χ1n) is 6.74. The molecule has 126 valence electrons. The number of carbonyl (C=O) groups is 4. The molecule has 0 rings (SSSR count). The molecule has 0 aromatic heterocycles. The van der Waals surface area contributed by atoms with E-state index < -0.39 is 30.3 Å². The monoisotopic (exact) mass is 318 g/mol. The Hall–Kier alpha value is -2.20. The molecular formula is C12H22N4O6. The number of carbonyl (C=O) groups excluding carboxylic acids is 2. The van der Waals surface area contributed by atoms with Crippen LogP contribution >= 0.6 is 0 Å².